The predicted molar refractivity (Wildman–Crippen MR) is 89.6 cm³/mol. The summed E-state index contributed by atoms with van der Waals surface area (Å²) < 4.78 is 53.8. The van der Waals surface area contributed by atoms with Crippen LogP contribution in [-0.2, 0) is 19.9 Å². The van der Waals surface area contributed by atoms with Crippen molar-refractivity contribution in [2.75, 3.05) is 32.2 Å². The number of sulfonamides is 1. The van der Waals surface area contributed by atoms with Crippen molar-refractivity contribution in [1.29, 1.82) is 0 Å². The molecule has 0 saturated carbocycles. The minimum Gasteiger partial charge on any atom is -0.492 e. The van der Waals surface area contributed by atoms with Crippen LogP contribution in [-0.4, -0.2) is 59.6 Å². The average Bonchev–Trinajstić information content (AvgIpc) is 2.51. The molecule has 24 heavy (non-hydrogen) atoms. The van der Waals surface area contributed by atoms with Gasteiger partial charge in [-0.25, -0.2) is 21.1 Å². The van der Waals surface area contributed by atoms with Crippen LogP contribution in [0.1, 0.15) is 23.2 Å². The molecule has 1 aliphatic rings. The van der Waals surface area contributed by atoms with Crippen molar-refractivity contribution in [3.05, 3.63) is 23.8 Å². The standard InChI is InChI=1S/C15H21NO6S2/c1-23(18,19)15-9-13(10-17)3-4-14(15)22-11-12-5-7-16(8-6-12)24(2,20)21/h3-4,9-10,12H,5-8,11H2,1-2H3. The monoisotopic (exact) mass is 375 g/mol. The maximum atomic E-state index is 11.9. The van der Waals surface area contributed by atoms with E-state index in [0.29, 0.717) is 38.8 Å². The molecule has 0 unspecified atom stereocenters. The minimum absolute atomic E-state index is 0.0133. The number of carbonyl (C=O) groups is 1. The number of nitrogens with zero attached hydrogens (tertiary/aromatic N) is 1. The van der Waals surface area contributed by atoms with Gasteiger partial charge in [0.1, 0.15) is 16.9 Å². The summed E-state index contributed by atoms with van der Waals surface area (Å²) in [4.78, 5) is 10.8. The number of rotatable bonds is 6. The molecule has 0 aromatic heterocycles. The van der Waals surface area contributed by atoms with Gasteiger partial charge in [-0.2, -0.15) is 0 Å². The molecule has 0 bridgehead atoms. The molecule has 1 aromatic rings. The van der Waals surface area contributed by atoms with Gasteiger partial charge in [0.2, 0.25) is 10.0 Å². The molecule has 134 valence electrons. The van der Waals surface area contributed by atoms with E-state index in [2.05, 4.69) is 0 Å². The third-order valence-corrected chi connectivity index (χ3v) is 6.44. The van der Waals surface area contributed by atoms with Crippen molar-refractivity contribution >= 4 is 26.1 Å². The predicted octanol–water partition coefficient (Wildman–Crippen LogP) is 0.953. The highest BCUT2D eigenvalue weighted by Crippen LogP contribution is 2.27. The van der Waals surface area contributed by atoms with Crippen LogP contribution in [0.2, 0.25) is 0 Å². The molecule has 1 aliphatic heterocycles. The molecule has 1 fully saturated rings. The Labute approximate surface area is 142 Å². The van der Waals surface area contributed by atoms with Crippen LogP contribution in [0.5, 0.6) is 5.75 Å². The number of hydrogen-bond donors (Lipinski definition) is 0. The Morgan fingerprint density at radius 3 is 2.29 bits per heavy atom. The van der Waals surface area contributed by atoms with Gasteiger partial charge >= 0.3 is 0 Å². The van der Waals surface area contributed by atoms with Crippen molar-refractivity contribution in [2.45, 2.75) is 17.7 Å². The summed E-state index contributed by atoms with van der Waals surface area (Å²) in [6.45, 7) is 1.19. The highest BCUT2D eigenvalue weighted by Gasteiger charge is 2.25. The van der Waals surface area contributed by atoms with Gasteiger partial charge in [0.25, 0.3) is 0 Å². The molecule has 1 heterocycles. The van der Waals surface area contributed by atoms with Gasteiger partial charge in [0.15, 0.2) is 9.84 Å². The lowest BCUT2D eigenvalue weighted by molar-refractivity contribution is 0.112. The Kier molecular flexibility index (Phi) is 5.67. The van der Waals surface area contributed by atoms with E-state index in [-0.39, 0.29) is 22.1 Å². The summed E-state index contributed by atoms with van der Waals surface area (Å²) in [6, 6.07) is 4.28. The van der Waals surface area contributed by atoms with Crippen LogP contribution < -0.4 is 4.74 Å². The van der Waals surface area contributed by atoms with Crippen LogP contribution in [0, 0.1) is 5.92 Å². The minimum atomic E-state index is -3.52. The van der Waals surface area contributed by atoms with Gasteiger partial charge in [-0.05, 0) is 37.0 Å². The van der Waals surface area contributed by atoms with Crippen LogP contribution >= 0.6 is 0 Å². The topological polar surface area (TPSA) is 97.8 Å². The zero-order chi connectivity index (χ0) is 18.0. The molecule has 0 aliphatic carbocycles. The first-order chi connectivity index (χ1) is 11.1. The summed E-state index contributed by atoms with van der Waals surface area (Å²) in [5.74, 6) is 0.370. The Balaban J connectivity index is 2.04. The van der Waals surface area contributed by atoms with Gasteiger partial charge in [0, 0.05) is 24.9 Å². The van der Waals surface area contributed by atoms with E-state index in [9.17, 15) is 21.6 Å². The third-order valence-electron chi connectivity index (χ3n) is 4.02. The van der Waals surface area contributed by atoms with Gasteiger partial charge in [-0.3, -0.25) is 4.79 Å². The molecular weight excluding hydrogens is 354 g/mol. The normalized spacial score (nSPS) is 17.6. The molecule has 1 saturated heterocycles. The van der Waals surface area contributed by atoms with Crippen molar-refractivity contribution in [3.8, 4) is 5.75 Å². The van der Waals surface area contributed by atoms with E-state index in [1.807, 2.05) is 0 Å². The van der Waals surface area contributed by atoms with Crippen LogP contribution in [0.25, 0.3) is 0 Å². The van der Waals surface area contributed by atoms with Crippen LogP contribution in [0.15, 0.2) is 23.1 Å². The van der Waals surface area contributed by atoms with Gasteiger partial charge < -0.3 is 4.74 Å². The summed E-state index contributed by atoms with van der Waals surface area (Å²) in [7, 11) is -6.69. The molecule has 7 nitrogen and oxygen atoms in total. The van der Waals surface area contributed by atoms with Gasteiger partial charge in [-0.1, -0.05) is 0 Å². The Bertz CT molecular complexity index is 808. The fourth-order valence-electron chi connectivity index (χ4n) is 2.62. The zero-order valence-corrected chi connectivity index (χ0v) is 15.3. The van der Waals surface area contributed by atoms with E-state index >= 15 is 0 Å². The summed E-state index contributed by atoms with van der Waals surface area (Å²) in [6.07, 6.45) is 4.16. The quantitative estimate of drug-likeness (QED) is 0.687. The van der Waals surface area contributed by atoms with E-state index in [0.717, 1.165) is 6.26 Å². The first kappa shape index (κ1) is 18.9. The summed E-state index contributed by atoms with van der Waals surface area (Å²) >= 11 is 0. The first-order valence-electron chi connectivity index (χ1n) is 7.48. The molecule has 0 spiro atoms. The van der Waals surface area contributed by atoms with Gasteiger partial charge in [0.05, 0.1) is 12.9 Å². The molecular formula is C15H21NO6S2. The third kappa shape index (κ3) is 4.78. The lowest BCUT2D eigenvalue weighted by Crippen LogP contribution is -2.39. The SMILES string of the molecule is CS(=O)(=O)c1cc(C=O)ccc1OCC1CCN(S(C)(=O)=O)CC1. The number of aldehydes is 1. The van der Waals surface area contributed by atoms with E-state index < -0.39 is 19.9 Å². The van der Waals surface area contributed by atoms with E-state index in [1.54, 1.807) is 0 Å². The van der Waals surface area contributed by atoms with Crippen LogP contribution in [0.3, 0.4) is 0 Å². The highest BCUT2D eigenvalue weighted by molar-refractivity contribution is 7.90. The molecule has 0 atom stereocenters. The molecule has 2 rings (SSSR count). The highest BCUT2D eigenvalue weighted by atomic mass is 32.2. The fourth-order valence-corrected chi connectivity index (χ4v) is 4.34. The number of ether oxygens (including phenoxy) is 1. The summed E-state index contributed by atoms with van der Waals surface area (Å²) in [5, 5.41) is 0. The molecule has 0 N–H and O–H groups in total. The molecule has 0 amide bonds. The lowest BCUT2D eigenvalue weighted by atomic mass is 9.99. The Hall–Kier alpha value is -1.45. The maximum absolute atomic E-state index is 11.9. The maximum Gasteiger partial charge on any atom is 0.211 e. The smallest absolute Gasteiger partial charge is 0.211 e. The average molecular weight is 375 g/mol. The fraction of sp³-hybridized carbons (Fsp3) is 0.533. The lowest BCUT2D eigenvalue weighted by Gasteiger charge is -2.30. The first-order valence-corrected chi connectivity index (χ1v) is 11.2. The largest absolute Gasteiger partial charge is 0.492 e. The second kappa shape index (κ2) is 7.20. The van der Waals surface area contributed by atoms with Crippen molar-refractivity contribution in [2.24, 2.45) is 5.92 Å². The van der Waals surface area contributed by atoms with E-state index in [4.69, 9.17) is 4.74 Å². The Morgan fingerprint density at radius 1 is 1.17 bits per heavy atom. The molecule has 0 radical (unpaired) electrons. The molecule has 9 heteroatoms. The number of benzene rings is 1. The Morgan fingerprint density at radius 2 is 1.79 bits per heavy atom. The summed E-state index contributed by atoms with van der Waals surface area (Å²) in [5.41, 5.74) is 0.268. The number of piperidine rings is 1. The zero-order valence-electron chi connectivity index (χ0n) is 13.6. The van der Waals surface area contributed by atoms with Crippen molar-refractivity contribution in [1.82, 2.24) is 4.31 Å². The number of sulfone groups is 1. The van der Waals surface area contributed by atoms with Crippen molar-refractivity contribution < 1.29 is 26.4 Å². The number of hydrogen-bond acceptors (Lipinski definition) is 6. The second-order valence-electron chi connectivity index (χ2n) is 6.01. The van der Waals surface area contributed by atoms with E-state index in [1.165, 1.54) is 28.8 Å². The second-order valence-corrected chi connectivity index (χ2v) is 9.98. The van der Waals surface area contributed by atoms with Crippen molar-refractivity contribution in [3.63, 3.8) is 0 Å². The van der Waals surface area contributed by atoms with Crippen LogP contribution in [0.4, 0.5) is 0 Å². The molecule has 1 aromatic carbocycles. The number of carbonyl (C=O) groups excluding carboxylic acids is 1. The van der Waals surface area contributed by atoms with Gasteiger partial charge in [-0.15, -0.1) is 0 Å².